The fraction of sp³-hybridized carbons (Fsp3) is 0.333. The monoisotopic (exact) mass is 286 g/mol. The predicted octanol–water partition coefficient (Wildman–Crippen LogP) is 1.51. The van der Waals surface area contributed by atoms with E-state index in [-0.39, 0.29) is 5.56 Å². The van der Waals surface area contributed by atoms with E-state index in [1.165, 1.54) is 0 Å². The second kappa shape index (κ2) is 5.46. The van der Waals surface area contributed by atoms with Crippen molar-refractivity contribution in [1.29, 1.82) is 5.26 Å². The first-order chi connectivity index (χ1) is 10.2. The lowest BCUT2D eigenvalue weighted by Gasteiger charge is -2.30. The molecule has 0 radical (unpaired) electrons. The van der Waals surface area contributed by atoms with Gasteiger partial charge < -0.3 is 18.8 Å². The highest BCUT2D eigenvalue weighted by Crippen LogP contribution is 2.31. The summed E-state index contributed by atoms with van der Waals surface area (Å²) in [6, 6.07) is 7.21. The van der Waals surface area contributed by atoms with Gasteiger partial charge in [-0.2, -0.15) is 5.26 Å². The molecule has 6 heteroatoms. The number of ether oxygens (including phenoxy) is 2. The number of hydrogen-bond acceptors (Lipinski definition) is 6. The number of nitriles is 1. The van der Waals surface area contributed by atoms with Gasteiger partial charge in [-0.25, -0.2) is 4.79 Å². The van der Waals surface area contributed by atoms with Gasteiger partial charge in [-0.3, -0.25) is 0 Å². The number of morpholine rings is 1. The van der Waals surface area contributed by atoms with Gasteiger partial charge in [0.1, 0.15) is 17.4 Å². The van der Waals surface area contributed by atoms with Crippen LogP contribution in [0.2, 0.25) is 0 Å². The van der Waals surface area contributed by atoms with Crippen LogP contribution in [-0.2, 0) is 4.74 Å². The van der Waals surface area contributed by atoms with Crippen molar-refractivity contribution in [3.8, 4) is 11.8 Å². The van der Waals surface area contributed by atoms with Crippen molar-refractivity contribution in [2.45, 2.75) is 0 Å². The molecule has 0 unspecified atom stereocenters. The Bertz CT molecular complexity index is 770. The maximum absolute atomic E-state index is 12.0. The van der Waals surface area contributed by atoms with Gasteiger partial charge in [0, 0.05) is 24.5 Å². The maximum Gasteiger partial charge on any atom is 0.356 e. The van der Waals surface area contributed by atoms with E-state index in [4.69, 9.17) is 13.9 Å². The molecule has 2 heterocycles. The molecule has 1 saturated heterocycles. The highest BCUT2D eigenvalue weighted by atomic mass is 16.5. The molecule has 0 bridgehead atoms. The lowest BCUT2D eigenvalue weighted by Crippen LogP contribution is -2.37. The third-order valence-corrected chi connectivity index (χ3v) is 3.53. The van der Waals surface area contributed by atoms with Crippen molar-refractivity contribution in [2.75, 3.05) is 38.3 Å². The van der Waals surface area contributed by atoms with Crippen LogP contribution in [0.25, 0.3) is 11.0 Å². The molecular formula is C15H14N2O4. The third kappa shape index (κ3) is 2.32. The minimum Gasteiger partial charge on any atom is -0.497 e. The largest absolute Gasteiger partial charge is 0.497 e. The first kappa shape index (κ1) is 13.5. The van der Waals surface area contributed by atoms with Gasteiger partial charge in [-0.1, -0.05) is 0 Å². The Hall–Kier alpha value is -2.52. The molecule has 0 saturated carbocycles. The van der Waals surface area contributed by atoms with Gasteiger partial charge in [-0.05, 0) is 12.1 Å². The zero-order valence-corrected chi connectivity index (χ0v) is 11.6. The molecule has 2 aromatic rings. The molecule has 1 fully saturated rings. The lowest BCUT2D eigenvalue weighted by molar-refractivity contribution is 0.123. The van der Waals surface area contributed by atoms with Crippen LogP contribution in [0, 0.1) is 11.3 Å². The highest BCUT2D eigenvalue weighted by Gasteiger charge is 2.22. The van der Waals surface area contributed by atoms with E-state index in [0.29, 0.717) is 43.3 Å². The van der Waals surface area contributed by atoms with E-state index in [0.717, 1.165) is 5.39 Å². The summed E-state index contributed by atoms with van der Waals surface area (Å²) in [4.78, 5) is 14.0. The topological polar surface area (TPSA) is 75.7 Å². The van der Waals surface area contributed by atoms with Crippen LogP contribution in [0.1, 0.15) is 5.56 Å². The first-order valence-corrected chi connectivity index (χ1v) is 6.62. The Morgan fingerprint density at radius 2 is 2.10 bits per heavy atom. The number of fused-ring (bicyclic) bond motifs is 1. The Balaban J connectivity index is 2.27. The van der Waals surface area contributed by atoms with Crippen molar-refractivity contribution >= 4 is 16.7 Å². The van der Waals surface area contributed by atoms with Crippen LogP contribution in [0.5, 0.6) is 5.75 Å². The molecule has 108 valence electrons. The molecule has 0 amide bonds. The molecule has 0 aliphatic carbocycles. The molecular weight excluding hydrogens is 272 g/mol. The quantitative estimate of drug-likeness (QED) is 0.779. The summed E-state index contributed by atoms with van der Waals surface area (Å²) in [5, 5.41) is 10.0. The summed E-state index contributed by atoms with van der Waals surface area (Å²) in [5.41, 5.74) is 0.448. The standard InChI is InChI=1S/C15H14N2O4/c1-19-10-2-3-11-13(8-10)21-15(18)12(9-16)14(11)17-4-6-20-7-5-17/h2-3,8H,4-7H2,1H3. The Kier molecular flexibility index (Phi) is 3.50. The van der Waals surface area contributed by atoms with Gasteiger partial charge >= 0.3 is 5.63 Å². The molecule has 1 aliphatic rings. The van der Waals surface area contributed by atoms with Crippen molar-refractivity contribution in [3.05, 3.63) is 34.2 Å². The Morgan fingerprint density at radius 1 is 1.33 bits per heavy atom. The van der Waals surface area contributed by atoms with Crippen molar-refractivity contribution in [3.63, 3.8) is 0 Å². The summed E-state index contributed by atoms with van der Waals surface area (Å²) in [6.45, 7) is 2.42. The average Bonchev–Trinajstić information content (AvgIpc) is 2.53. The second-order valence-electron chi connectivity index (χ2n) is 4.69. The summed E-state index contributed by atoms with van der Waals surface area (Å²) in [5.74, 6) is 0.600. The zero-order chi connectivity index (χ0) is 14.8. The second-order valence-corrected chi connectivity index (χ2v) is 4.69. The smallest absolute Gasteiger partial charge is 0.356 e. The first-order valence-electron chi connectivity index (χ1n) is 6.62. The molecule has 21 heavy (non-hydrogen) atoms. The Morgan fingerprint density at radius 3 is 2.76 bits per heavy atom. The van der Waals surface area contributed by atoms with E-state index in [1.54, 1.807) is 19.2 Å². The zero-order valence-electron chi connectivity index (χ0n) is 11.6. The molecule has 1 aliphatic heterocycles. The van der Waals surface area contributed by atoms with Crippen molar-refractivity contribution in [2.24, 2.45) is 0 Å². The van der Waals surface area contributed by atoms with Crippen LogP contribution in [0.3, 0.4) is 0 Å². The minimum absolute atomic E-state index is 0.0366. The number of methoxy groups -OCH3 is 1. The number of anilines is 1. The third-order valence-electron chi connectivity index (χ3n) is 3.53. The molecule has 0 spiro atoms. The lowest BCUT2D eigenvalue weighted by atomic mass is 10.1. The summed E-state index contributed by atoms with van der Waals surface area (Å²) < 4.78 is 15.7. The highest BCUT2D eigenvalue weighted by molar-refractivity contribution is 5.93. The predicted molar refractivity (Wildman–Crippen MR) is 76.8 cm³/mol. The summed E-state index contributed by atoms with van der Waals surface area (Å²) in [6.07, 6.45) is 0. The molecule has 1 aromatic carbocycles. The SMILES string of the molecule is COc1ccc2c(N3CCOCC3)c(C#N)c(=O)oc2c1. The molecule has 6 nitrogen and oxygen atoms in total. The molecule has 0 atom stereocenters. The summed E-state index contributed by atoms with van der Waals surface area (Å²) >= 11 is 0. The van der Waals surface area contributed by atoms with Gasteiger partial charge in [0.05, 0.1) is 26.0 Å². The number of hydrogen-bond donors (Lipinski definition) is 0. The maximum atomic E-state index is 12.0. The summed E-state index contributed by atoms with van der Waals surface area (Å²) in [7, 11) is 1.55. The van der Waals surface area contributed by atoms with Crippen molar-refractivity contribution < 1.29 is 13.9 Å². The van der Waals surface area contributed by atoms with Gasteiger partial charge in [-0.15, -0.1) is 0 Å². The Labute approximate surface area is 121 Å². The van der Waals surface area contributed by atoms with E-state index in [2.05, 4.69) is 0 Å². The van der Waals surface area contributed by atoms with E-state index in [1.807, 2.05) is 17.0 Å². The van der Waals surface area contributed by atoms with Crippen LogP contribution >= 0.6 is 0 Å². The van der Waals surface area contributed by atoms with Crippen LogP contribution < -0.4 is 15.3 Å². The van der Waals surface area contributed by atoms with Crippen LogP contribution in [0.4, 0.5) is 5.69 Å². The minimum atomic E-state index is -0.625. The normalized spacial score (nSPS) is 15.0. The van der Waals surface area contributed by atoms with E-state index < -0.39 is 5.63 Å². The van der Waals surface area contributed by atoms with E-state index >= 15 is 0 Å². The number of nitrogens with zero attached hydrogens (tertiary/aromatic N) is 2. The molecule has 0 N–H and O–H groups in total. The fourth-order valence-electron chi connectivity index (χ4n) is 2.51. The fourth-order valence-corrected chi connectivity index (χ4v) is 2.51. The van der Waals surface area contributed by atoms with E-state index in [9.17, 15) is 10.1 Å². The van der Waals surface area contributed by atoms with Gasteiger partial charge in [0.15, 0.2) is 5.56 Å². The molecule has 1 aromatic heterocycles. The number of benzene rings is 1. The van der Waals surface area contributed by atoms with Crippen LogP contribution in [0.15, 0.2) is 27.4 Å². The van der Waals surface area contributed by atoms with Crippen LogP contribution in [-0.4, -0.2) is 33.4 Å². The molecule has 3 rings (SSSR count). The van der Waals surface area contributed by atoms with Gasteiger partial charge in [0.2, 0.25) is 0 Å². The average molecular weight is 286 g/mol. The van der Waals surface area contributed by atoms with Gasteiger partial charge in [0.25, 0.3) is 0 Å². The van der Waals surface area contributed by atoms with Crippen molar-refractivity contribution in [1.82, 2.24) is 0 Å². The number of rotatable bonds is 2.